The Morgan fingerprint density at radius 2 is 0.781 bits per heavy atom. The van der Waals surface area contributed by atoms with E-state index in [-0.39, 0.29) is 0 Å². The van der Waals surface area contributed by atoms with Gasteiger partial charge in [0.25, 0.3) is 0 Å². The highest BCUT2D eigenvalue weighted by Gasteiger charge is 2.16. The Labute approximate surface area is 375 Å². The average molecular weight is 823 g/mol. The van der Waals surface area contributed by atoms with Crippen LogP contribution < -0.4 is 9.80 Å². The first-order chi connectivity index (χ1) is 31.6. The maximum Gasteiger partial charge on any atom is 0.135 e. The monoisotopic (exact) mass is 822 g/mol. The second kappa shape index (κ2) is 17.9. The summed E-state index contributed by atoms with van der Waals surface area (Å²) in [7, 11) is 0. The van der Waals surface area contributed by atoms with Crippen molar-refractivity contribution in [3.05, 3.63) is 267 Å². The molecule has 3 heteroatoms. The Kier molecular flexibility index (Phi) is 11.1. The third-order valence-electron chi connectivity index (χ3n) is 11.8. The van der Waals surface area contributed by atoms with Crippen molar-refractivity contribution in [2.75, 3.05) is 9.80 Å². The molecule has 0 aliphatic carbocycles. The molecule has 10 rings (SSSR count). The standard InChI is InChI=1S/C61H46N2O/c1-3-45(25-24-44(2)62(53-20-12-6-13-21-53)55-34-26-48(27-35-55)46-16-8-4-9-17-46)51-32-40-60-58(42-51)59-43-52(33-41-61(59)64-60)50-30-38-57(39-31-50)63(54-22-14-7-15-23-54)56-36-28-49(29-37-56)47-18-10-5-11-19-47/h3-43H,1H2,2H3/b44-24+,45-25+. The van der Waals surface area contributed by atoms with E-state index in [2.05, 4.69) is 260 Å². The summed E-state index contributed by atoms with van der Waals surface area (Å²) >= 11 is 0. The number of furan rings is 1. The van der Waals surface area contributed by atoms with Crippen LogP contribution in [0.5, 0.6) is 0 Å². The molecule has 1 heterocycles. The smallest absolute Gasteiger partial charge is 0.135 e. The molecule has 10 aromatic rings. The lowest BCUT2D eigenvalue weighted by atomic mass is 9.99. The summed E-state index contributed by atoms with van der Waals surface area (Å²) in [6.07, 6.45) is 6.26. The molecule has 306 valence electrons. The zero-order chi connectivity index (χ0) is 43.2. The molecule has 0 spiro atoms. The highest BCUT2D eigenvalue weighted by molar-refractivity contribution is 6.07. The van der Waals surface area contributed by atoms with Crippen LogP contribution in [0.4, 0.5) is 28.4 Å². The van der Waals surface area contributed by atoms with E-state index >= 15 is 0 Å². The van der Waals surface area contributed by atoms with Crippen LogP contribution in [-0.2, 0) is 0 Å². The predicted molar refractivity (Wildman–Crippen MR) is 272 cm³/mol. The molecule has 0 bridgehead atoms. The zero-order valence-corrected chi connectivity index (χ0v) is 35.7. The van der Waals surface area contributed by atoms with Gasteiger partial charge >= 0.3 is 0 Å². The average Bonchev–Trinajstić information content (AvgIpc) is 3.74. The summed E-state index contributed by atoms with van der Waals surface area (Å²) in [5.41, 5.74) is 17.4. The highest BCUT2D eigenvalue weighted by atomic mass is 16.3. The zero-order valence-electron chi connectivity index (χ0n) is 35.7. The number of allylic oxidation sites excluding steroid dienone is 5. The van der Waals surface area contributed by atoms with E-state index in [1.807, 2.05) is 12.1 Å². The van der Waals surface area contributed by atoms with Crippen LogP contribution in [0.25, 0.3) is 60.9 Å². The molecule has 0 fully saturated rings. The topological polar surface area (TPSA) is 19.6 Å². The molecular formula is C61H46N2O. The summed E-state index contributed by atoms with van der Waals surface area (Å²) < 4.78 is 6.39. The highest BCUT2D eigenvalue weighted by Crippen LogP contribution is 2.39. The van der Waals surface area contributed by atoms with Gasteiger partial charge in [-0.05, 0) is 142 Å². The minimum Gasteiger partial charge on any atom is -0.456 e. The van der Waals surface area contributed by atoms with Gasteiger partial charge < -0.3 is 14.2 Å². The van der Waals surface area contributed by atoms with E-state index in [9.17, 15) is 0 Å². The lowest BCUT2D eigenvalue weighted by Crippen LogP contribution is -2.14. The number of fused-ring (bicyclic) bond motifs is 3. The fourth-order valence-corrected chi connectivity index (χ4v) is 8.53. The third-order valence-corrected chi connectivity index (χ3v) is 11.8. The van der Waals surface area contributed by atoms with Crippen molar-refractivity contribution in [3.8, 4) is 33.4 Å². The molecule has 0 aliphatic heterocycles. The van der Waals surface area contributed by atoms with Crippen LogP contribution in [0.15, 0.2) is 265 Å². The van der Waals surface area contributed by atoms with Crippen LogP contribution in [0, 0.1) is 0 Å². The van der Waals surface area contributed by atoms with Crippen LogP contribution in [-0.4, -0.2) is 0 Å². The molecule has 0 amide bonds. The van der Waals surface area contributed by atoms with Crippen LogP contribution in [0.3, 0.4) is 0 Å². The van der Waals surface area contributed by atoms with Gasteiger partial charge in [-0.1, -0.05) is 164 Å². The Hall–Kier alpha value is -8.40. The van der Waals surface area contributed by atoms with E-state index < -0.39 is 0 Å². The molecule has 64 heavy (non-hydrogen) atoms. The van der Waals surface area contributed by atoms with E-state index in [0.29, 0.717) is 0 Å². The molecule has 9 aromatic carbocycles. The number of para-hydroxylation sites is 2. The molecule has 0 saturated heterocycles. The number of benzene rings is 9. The van der Waals surface area contributed by atoms with Gasteiger partial charge in [0.15, 0.2) is 0 Å². The van der Waals surface area contributed by atoms with Gasteiger partial charge in [0.05, 0.1) is 0 Å². The first-order valence-corrected chi connectivity index (χ1v) is 21.7. The number of anilines is 5. The maximum atomic E-state index is 6.39. The molecule has 0 aliphatic rings. The number of nitrogens with zero attached hydrogens (tertiary/aromatic N) is 2. The minimum absolute atomic E-state index is 0.854. The fraction of sp³-hybridized carbons (Fsp3) is 0.0164. The second-order valence-corrected chi connectivity index (χ2v) is 15.9. The normalized spacial score (nSPS) is 11.8. The first kappa shape index (κ1) is 39.7. The summed E-state index contributed by atoms with van der Waals surface area (Å²) in [5, 5.41) is 2.14. The van der Waals surface area contributed by atoms with Crippen molar-refractivity contribution in [1.29, 1.82) is 0 Å². The van der Waals surface area contributed by atoms with Crippen LogP contribution >= 0.6 is 0 Å². The number of hydrogen-bond donors (Lipinski definition) is 0. The molecule has 0 N–H and O–H groups in total. The molecule has 1 aromatic heterocycles. The van der Waals surface area contributed by atoms with Gasteiger partial charge in [-0.2, -0.15) is 0 Å². The second-order valence-electron chi connectivity index (χ2n) is 15.9. The van der Waals surface area contributed by atoms with Gasteiger partial charge in [0.2, 0.25) is 0 Å². The largest absolute Gasteiger partial charge is 0.456 e. The first-order valence-electron chi connectivity index (χ1n) is 21.7. The minimum atomic E-state index is 0.854. The SMILES string of the molecule is C=C/C(=C\C=C(/C)N(c1ccccc1)c1ccc(-c2ccccc2)cc1)c1ccc2oc3ccc(-c4ccc(N(c5ccccc5)c5ccc(-c6ccccc6)cc5)cc4)cc3c2c1. The van der Waals surface area contributed by atoms with Crippen LogP contribution in [0.1, 0.15) is 12.5 Å². The Morgan fingerprint density at radius 3 is 1.31 bits per heavy atom. The fourth-order valence-electron chi connectivity index (χ4n) is 8.53. The summed E-state index contributed by atoms with van der Waals surface area (Å²) in [6.45, 7) is 6.39. The molecule has 0 unspecified atom stereocenters. The van der Waals surface area contributed by atoms with Gasteiger partial charge in [-0.15, -0.1) is 0 Å². The van der Waals surface area contributed by atoms with Crippen molar-refractivity contribution in [3.63, 3.8) is 0 Å². The maximum absolute atomic E-state index is 6.39. The quantitative estimate of drug-likeness (QED) is 0.114. The molecule has 0 radical (unpaired) electrons. The Bertz CT molecular complexity index is 3240. The Morgan fingerprint density at radius 1 is 0.391 bits per heavy atom. The van der Waals surface area contributed by atoms with Crippen molar-refractivity contribution >= 4 is 55.9 Å². The van der Waals surface area contributed by atoms with Crippen molar-refractivity contribution in [1.82, 2.24) is 0 Å². The molecular weight excluding hydrogens is 777 g/mol. The Balaban J connectivity index is 0.943. The number of hydrogen-bond acceptors (Lipinski definition) is 3. The van der Waals surface area contributed by atoms with Gasteiger partial charge in [-0.3, -0.25) is 0 Å². The van der Waals surface area contributed by atoms with Gasteiger partial charge in [0, 0.05) is 44.9 Å². The molecule has 0 saturated carbocycles. The van der Waals surface area contributed by atoms with Crippen molar-refractivity contribution < 1.29 is 4.42 Å². The van der Waals surface area contributed by atoms with Crippen molar-refractivity contribution in [2.45, 2.75) is 6.92 Å². The van der Waals surface area contributed by atoms with E-state index in [0.717, 1.165) is 78.3 Å². The third kappa shape index (κ3) is 8.19. The molecule has 0 atom stereocenters. The molecule has 3 nitrogen and oxygen atoms in total. The lowest BCUT2D eigenvalue weighted by Gasteiger charge is -2.26. The van der Waals surface area contributed by atoms with Gasteiger partial charge in [-0.25, -0.2) is 0 Å². The van der Waals surface area contributed by atoms with E-state index in [1.54, 1.807) is 0 Å². The van der Waals surface area contributed by atoms with Crippen LogP contribution in [0.2, 0.25) is 0 Å². The number of rotatable bonds is 12. The summed E-state index contributed by atoms with van der Waals surface area (Å²) in [6, 6.07) is 81.3. The summed E-state index contributed by atoms with van der Waals surface area (Å²) in [4.78, 5) is 4.59. The lowest BCUT2D eigenvalue weighted by molar-refractivity contribution is 0.669. The van der Waals surface area contributed by atoms with E-state index in [4.69, 9.17) is 4.42 Å². The van der Waals surface area contributed by atoms with Gasteiger partial charge in [0.1, 0.15) is 11.2 Å². The van der Waals surface area contributed by atoms with Crippen molar-refractivity contribution in [2.24, 2.45) is 0 Å². The summed E-state index contributed by atoms with van der Waals surface area (Å²) in [5.74, 6) is 0. The predicted octanol–water partition coefficient (Wildman–Crippen LogP) is 17.4. The van der Waals surface area contributed by atoms with E-state index in [1.165, 1.54) is 22.3 Å².